The molecule has 1 aromatic rings. The van der Waals surface area contributed by atoms with Crippen LogP contribution in [0.5, 0.6) is 0 Å². The molecule has 0 spiro atoms. The Morgan fingerprint density at radius 1 is 1.77 bits per heavy atom. The molecule has 0 saturated carbocycles. The molecule has 0 aliphatic heterocycles. The van der Waals surface area contributed by atoms with Crippen molar-refractivity contribution in [2.45, 2.75) is 19.9 Å². The van der Waals surface area contributed by atoms with Crippen molar-refractivity contribution in [3.63, 3.8) is 0 Å². The van der Waals surface area contributed by atoms with E-state index < -0.39 is 5.97 Å². The Bertz CT molecular complexity index is 285. The minimum atomic E-state index is -0.960. The van der Waals surface area contributed by atoms with Crippen LogP contribution >= 0.6 is 11.3 Å². The molecule has 0 aromatic carbocycles. The van der Waals surface area contributed by atoms with Crippen LogP contribution in [-0.4, -0.2) is 22.6 Å². The number of nitrogens with zero attached hydrogens (tertiary/aromatic N) is 1. The molecule has 1 rings (SSSR count). The van der Waals surface area contributed by atoms with Crippen LogP contribution in [0.4, 0.5) is 0 Å². The van der Waals surface area contributed by atoms with Gasteiger partial charge in [-0.15, -0.1) is 11.3 Å². The van der Waals surface area contributed by atoms with Gasteiger partial charge in [0.15, 0.2) is 5.69 Å². The zero-order valence-corrected chi connectivity index (χ0v) is 8.23. The van der Waals surface area contributed by atoms with Crippen molar-refractivity contribution in [1.29, 1.82) is 0 Å². The number of aromatic nitrogens is 1. The van der Waals surface area contributed by atoms with Crippen LogP contribution in [0.1, 0.15) is 28.8 Å². The van der Waals surface area contributed by atoms with Crippen LogP contribution in [0.2, 0.25) is 0 Å². The van der Waals surface area contributed by atoms with Crippen LogP contribution in [0.3, 0.4) is 0 Å². The number of carboxylic acid groups (broad SMARTS) is 1. The Balaban J connectivity index is 2.44. The first-order valence-corrected chi connectivity index (χ1v) is 5.00. The Labute approximate surface area is 80.6 Å². The third-order valence-electron chi connectivity index (χ3n) is 1.47. The van der Waals surface area contributed by atoms with Gasteiger partial charge >= 0.3 is 5.97 Å². The summed E-state index contributed by atoms with van der Waals surface area (Å²) >= 11 is 1.37. The minimum absolute atomic E-state index is 0.137. The fourth-order valence-electron chi connectivity index (χ4n) is 0.862. The topological polar surface area (TPSA) is 62.2 Å². The Morgan fingerprint density at radius 2 is 2.54 bits per heavy atom. The lowest BCUT2D eigenvalue weighted by Crippen LogP contribution is -2.13. The maximum Gasteiger partial charge on any atom is 0.355 e. The molecule has 0 aliphatic carbocycles. The van der Waals surface area contributed by atoms with Gasteiger partial charge in [0.1, 0.15) is 5.01 Å². The van der Waals surface area contributed by atoms with E-state index in [9.17, 15) is 4.79 Å². The monoisotopic (exact) mass is 200 g/mol. The van der Waals surface area contributed by atoms with E-state index in [2.05, 4.69) is 17.2 Å². The molecule has 2 N–H and O–H groups in total. The second-order valence-electron chi connectivity index (χ2n) is 2.61. The van der Waals surface area contributed by atoms with E-state index in [4.69, 9.17) is 5.11 Å². The highest BCUT2D eigenvalue weighted by molar-refractivity contribution is 7.09. The number of nitrogens with one attached hydrogen (secondary N) is 1. The van der Waals surface area contributed by atoms with Crippen molar-refractivity contribution < 1.29 is 9.90 Å². The molecule has 1 aromatic heterocycles. The lowest BCUT2D eigenvalue weighted by atomic mass is 10.5. The third-order valence-corrected chi connectivity index (χ3v) is 2.32. The van der Waals surface area contributed by atoms with E-state index in [1.807, 2.05) is 0 Å². The molecule has 0 saturated heterocycles. The highest BCUT2D eigenvalue weighted by atomic mass is 32.1. The van der Waals surface area contributed by atoms with Crippen LogP contribution in [-0.2, 0) is 6.54 Å². The fraction of sp³-hybridized carbons (Fsp3) is 0.500. The lowest BCUT2D eigenvalue weighted by molar-refractivity contribution is 0.0691. The maximum atomic E-state index is 10.5. The molecule has 13 heavy (non-hydrogen) atoms. The van der Waals surface area contributed by atoms with Crippen molar-refractivity contribution in [2.24, 2.45) is 0 Å². The molecule has 0 atom stereocenters. The van der Waals surface area contributed by atoms with E-state index in [-0.39, 0.29) is 5.69 Å². The molecule has 0 aliphatic rings. The zero-order chi connectivity index (χ0) is 9.68. The smallest absolute Gasteiger partial charge is 0.355 e. The van der Waals surface area contributed by atoms with Gasteiger partial charge in [0.2, 0.25) is 0 Å². The van der Waals surface area contributed by atoms with E-state index in [1.54, 1.807) is 5.38 Å². The van der Waals surface area contributed by atoms with Crippen LogP contribution in [0.15, 0.2) is 5.38 Å². The number of aromatic carboxylic acids is 1. The summed E-state index contributed by atoms with van der Waals surface area (Å²) in [6.45, 7) is 3.67. The summed E-state index contributed by atoms with van der Waals surface area (Å²) < 4.78 is 0. The zero-order valence-electron chi connectivity index (χ0n) is 7.41. The van der Waals surface area contributed by atoms with Gasteiger partial charge in [-0.1, -0.05) is 6.92 Å². The first-order chi connectivity index (χ1) is 6.24. The predicted octanol–water partition coefficient (Wildman–Crippen LogP) is 1.34. The lowest BCUT2D eigenvalue weighted by Gasteiger charge is -1.97. The van der Waals surface area contributed by atoms with Gasteiger partial charge in [-0.05, 0) is 13.0 Å². The number of thiazole rings is 1. The summed E-state index contributed by atoms with van der Waals surface area (Å²) in [5.74, 6) is -0.960. The quantitative estimate of drug-likeness (QED) is 0.704. The number of carboxylic acids is 1. The molecular formula is C8H12N2O2S. The van der Waals surface area contributed by atoms with Gasteiger partial charge in [-0.3, -0.25) is 0 Å². The largest absolute Gasteiger partial charge is 0.476 e. The van der Waals surface area contributed by atoms with Crippen LogP contribution < -0.4 is 5.32 Å². The van der Waals surface area contributed by atoms with Gasteiger partial charge in [0.25, 0.3) is 0 Å². The highest BCUT2D eigenvalue weighted by Crippen LogP contribution is 2.08. The van der Waals surface area contributed by atoms with Crippen LogP contribution in [0.25, 0.3) is 0 Å². The Hall–Kier alpha value is -0.940. The van der Waals surface area contributed by atoms with Crippen molar-refractivity contribution in [1.82, 2.24) is 10.3 Å². The minimum Gasteiger partial charge on any atom is -0.476 e. The summed E-state index contributed by atoms with van der Waals surface area (Å²) in [6, 6.07) is 0. The number of hydrogen-bond acceptors (Lipinski definition) is 4. The van der Waals surface area contributed by atoms with Gasteiger partial charge in [-0.2, -0.15) is 0 Å². The van der Waals surface area contributed by atoms with E-state index in [0.717, 1.165) is 18.0 Å². The van der Waals surface area contributed by atoms with Gasteiger partial charge in [-0.25, -0.2) is 9.78 Å². The summed E-state index contributed by atoms with van der Waals surface area (Å²) in [5.41, 5.74) is 0.137. The Morgan fingerprint density at radius 3 is 3.08 bits per heavy atom. The van der Waals surface area contributed by atoms with Gasteiger partial charge < -0.3 is 10.4 Å². The molecule has 5 heteroatoms. The second-order valence-corrected chi connectivity index (χ2v) is 3.55. The molecule has 0 unspecified atom stereocenters. The summed E-state index contributed by atoms with van der Waals surface area (Å²) in [6.07, 6.45) is 1.07. The summed E-state index contributed by atoms with van der Waals surface area (Å²) in [7, 11) is 0. The first-order valence-electron chi connectivity index (χ1n) is 4.12. The SMILES string of the molecule is CCCNCc1nc(C(=O)O)cs1. The number of rotatable bonds is 5. The van der Waals surface area contributed by atoms with Crippen LogP contribution in [0, 0.1) is 0 Å². The van der Waals surface area contributed by atoms with E-state index >= 15 is 0 Å². The maximum absolute atomic E-state index is 10.5. The molecule has 0 amide bonds. The molecule has 0 fully saturated rings. The number of carbonyl (C=O) groups is 1. The Kier molecular flexibility index (Phi) is 3.85. The average Bonchev–Trinajstić information content (AvgIpc) is 2.53. The number of hydrogen-bond donors (Lipinski definition) is 2. The van der Waals surface area contributed by atoms with Crippen molar-refractivity contribution in [3.8, 4) is 0 Å². The fourth-order valence-corrected chi connectivity index (χ4v) is 1.60. The molecular weight excluding hydrogens is 188 g/mol. The van der Waals surface area contributed by atoms with Gasteiger partial charge in [0, 0.05) is 11.9 Å². The van der Waals surface area contributed by atoms with Gasteiger partial charge in [0.05, 0.1) is 0 Å². The second kappa shape index (κ2) is 4.94. The summed E-state index contributed by atoms with van der Waals surface area (Å²) in [4.78, 5) is 14.4. The van der Waals surface area contributed by atoms with E-state index in [1.165, 1.54) is 11.3 Å². The van der Waals surface area contributed by atoms with E-state index in [0.29, 0.717) is 6.54 Å². The van der Waals surface area contributed by atoms with Crippen molar-refractivity contribution in [2.75, 3.05) is 6.54 Å². The standard InChI is InChI=1S/C8H12N2O2S/c1-2-3-9-4-7-10-6(5-13-7)8(11)12/h5,9H,2-4H2,1H3,(H,11,12). The molecule has 72 valence electrons. The predicted molar refractivity (Wildman–Crippen MR) is 51.1 cm³/mol. The first kappa shape index (κ1) is 10.1. The third kappa shape index (κ3) is 3.12. The highest BCUT2D eigenvalue weighted by Gasteiger charge is 2.07. The average molecular weight is 200 g/mol. The molecule has 0 radical (unpaired) electrons. The van der Waals surface area contributed by atoms with Crippen molar-refractivity contribution in [3.05, 3.63) is 16.1 Å². The normalized spacial score (nSPS) is 10.2. The molecule has 4 nitrogen and oxygen atoms in total. The molecule has 0 bridgehead atoms. The van der Waals surface area contributed by atoms with Crippen molar-refractivity contribution >= 4 is 17.3 Å². The molecule has 1 heterocycles. The summed E-state index contributed by atoms with van der Waals surface area (Å²) in [5, 5.41) is 14.1.